The molecule has 2 N–H and O–H groups in total. The van der Waals surface area contributed by atoms with Gasteiger partial charge in [0.2, 0.25) is 0 Å². The van der Waals surface area contributed by atoms with Crippen molar-refractivity contribution in [1.29, 1.82) is 0 Å². The topological polar surface area (TPSA) is 86.7 Å². The van der Waals surface area contributed by atoms with Gasteiger partial charge in [-0.3, -0.25) is 14.9 Å². The molecule has 0 bridgehead atoms. The first-order valence-electron chi connectivity index (χ1n) is 9.11. The number of hydrogen-bond acceptors (Lipinski definition) is 6. The normalized spacial score (nSPS) is 16.1. The van der Waals surface area contributed by atoms with Gasteiger partial charge in [-0.15, -0.1) is 6.42 Å². The number of amides is 1. The smallest absolute Gasteiger partial charge is 0.265 e. The molecule has 2 aromatic carbocycles. The monoisotopic (exact) mass is 446 g/mol. The van der Waals surface area contributed by atoms with Crippen LogP contribution in [0.1, 0.15) is 20.3 Å². The average molecular weight is 447 g/mol. The SMILES string of the molecule is C.C#CCN1CCC(C(=O)NO)(S(=O)(=O)c2ccc(Sc3ccccc3)cc2)CC1. The van der Waals surface area contributed by atoms with Gasteiger partial charge in [-0.1, -0.05) is 43.3 Å². The van der Waals surface area contributed by atoms with E-state index in [1.165, 1.54) is 23.9 Å². The number of likely N-dealkylation sites (tertiary alicyclic amines) is 1. The van der Waals surface area contributed by atoms with Gasteiger partial charge in [-0.05, 0) is 49.2 Å². The molecule has 0 aromatic heterocycles. The highest BCUT2D eigenvalue weighted by molar-refractivity contribution is 7.99. The molecule has 0 radical (unpaired) electrons. The third-order valence-corrected chi connectivity index (χ3v) is 8.65. The highest BCUT2D eigenvalue weighted by Gasteiger charge is 2.52. The fourth-order valence-electron chi connectivity index (χ4n) is 3.46. The molecule has 1 fully saturated rings. The van der Waals surface area contributed by atoms with Crippen LogP contribution in [-0.2, 0) is 14.6 Å². The lowest BCUT2D eigenvalue weighted by atomic mass is 9.95. The standard InChI is InChI=1S/C21H22N2O4S2.CH4/c1-2-14-23-15-12-21(13-16-23,20(24)22-25)29(26,27)19-10-8-18(9-11-19)28-17-6-4-3-5-7-17;/h1,3-11,25H,12-16H2,(H,22,24);1H4. The molecule has 0 aliphatic carbocycles. The Labute approximate surface area is 182 Å². The highest BCUT2D eigenvalue weighted by Crippen LogP contribution is 2.37. The van der Waals surface area contributed by atoms with Gasteiger partial charge in [0.15, 0.2) is 14.6 Å². The van der Waals surface area contributed by atoms with Crippen LogP contribution in [0.4, 0.5) is 0 Å². The van der Waals surface area contributed by atoms with E-state index >= 15 is 0 Å². The van der Waals surface area contributed by atoms with E-state index in [2.05, 4.69) is 5.92 Å². The third-order valence-electron chi connectivity index (χ3n) is 5.12. The van der Waals surface area contributed by atoms with Crippen LogP contribution in [-0.4, -0.2) is 48.8 Å². The van der Waals surface area contributed by atoms with Crippen LogP contribution < -0.4 is 5.48 Å². The Bertz CT molecular complexity index is 992. The molecule has 1 heterocycles. The Morgan fingerprint density at radius 2 is 1.67 bits per heavy atom. The zero-order chi connectivity index (χ0) is 20.9. The quantitative estimate of drug-likeness (QED) is 0.403. The molecule has 0 unspecified atom stereocenters. The highest BCUT2D eigenvalue weighted by atomic mass is 32.2. The number of carbonyl (C=O) groups excluding carboxylic acids is 1. The van der Waals surface area contributed by atoms with Crippen molar-refractivity contribution in [2.75, 3.05) is 19.6 Å². The first-order valence-corrected chi connectivity index (χ1v) is 11.4. The maximum Gasteiger partial charge on any atom is 0.265 e. The molecule has 0 saturated carbocycles. The Morgan fingerprint density at radius 3 is 2.20 bits per heavy atom. The second-order valence-electron chi connectivity index (χ2n) is 6.81. The molecule has 8 heteroatoms. The Kier molecular flexibility index (Phi) is 8.10. The zero-order valence-corrected chi connectivity index (χ0v) is 17.4. The van der Waals surface area contributed by atoms with Crippen molar-refractivity contribution in [2.24, 2.45) is 0 Å². The van der Waals surface area contributed by atoms with E-state index in [4.69, 9.17) is 6.42 Å². The summed E-state index contributed by atoms with van der Waals surface area (Å²) in [5.74, 6) is 1.63. The minimum atomic E-state index is -4.02. The number of terminal acetylenes is 1. The predicted molar refractivity (Wildman–Crippen MR) is 118 cm³/mol. The van der Waals surface area contributed by atoms with Crippen LogP contribution in [0.25, 0.3) is 0 Å². The van der Waals surface area contributed by atoms with Gasteiger partial charge >= 0.3 is 0 Å². The van der Waals surface area contributed by atoms with Crippen molar-refractivity contribution in [2.45, 2.75) is 39.7 Å². The van der Waals surface area contributed by atoms with Crippen LogP contribution in [0, 0.1) is 12.3 Å². The maximum absolute atomic E-state index is 13.4. The lowest BCUT2D eigenvalue weighted by molar-refractivity contribution is -0.133. The summed E-state index contributed by atoms with van der Waals surface area (Å²) in [5, 5.41) is 9.23. The molecular weight excluding hydrogens is 420 g/mol. The van der Waals surface area contributed by atoms with E-state index in [-0.39, 0.29) is 25.2 Å². The minimum Gasteiger partial charge on any atom is -0.292 e. The molecule has 1 amide bonds. The number of hydrogen-bond donors (Lipinski definition) is 2. The predicted octanol–water partition coefficient (Wildman–Crippen LogP) is 3.22. The van der Waals surface area contributed by atoms with Crippen molar-refractivity contribution >= 4 is 27.5 Å². The number of hydroxylamine groups is 1. The molecule has 0 atom stereocenters. The number of nitrogens with one attached hydrogen (secondary N) is 1. The Hall–Kier alpha value is -2.31. The lowest BCUT2D eigenvalue weighted by Gasteiger charge is -2.38. The number of piperidine rings is 1. The van der Waals surface area contributed by atoms with Gasteiger partial charge in [0.25, 0.3) is 5.91 Å². The summed E-state index contributed by atoms with van der Waals surface area (Å²) in [6, 6.07) is 16.2. The first kappa shape index (κ1) is 24.0. The van der Waals surface area contributed by atoms with E-state index in [1.807, 2.05) is 35.2 Å². The largest absolute Gasteiger partial charge is 0.292 e. The number of benzene rings is 2. The average Bonchev–Trinajstić information content (AvgIpc) is 2.75. The van der Waals surface area contributed by atoms with Crippen molar-refractivity contribution in [3.63, 3.8) is 0 Å². The van der Waals surface area contributed by atoms with E-state index < -0.39 is 20.5 Å². The van der Waals surface area contributed by atoms with Gasteiger partial charge in [-0.2, -0.15) is 0 Å². The van der Waals surface area contributed by atoms with E-state index in [0.29, 0.717) is 19.6 Å². The van der Waals surface area contributed by atoms with E-state index in [9.17, 15) is 18.4 Å². The first-order chi connectivity index (χ1) is 13.9. The summed E-state index contributed by atoms with van der Waals surface area (Å²) in [5.41, 5.74) is 1.56. The van der Waals surface area contributed by atoms with Crippen LogP contribution >= 0.6 is 11.8 Å². The van der Waals surface area contributed by atoms with E-state index in [0.717, 1.165) is 9.79 Å². The second kappa shape index (κ2) is 10.1. The molecule has 2 aromatic rings. The molecule has 1 aliphatic rings. The number of carbonyl (C=O) groups is 1. The van der Waals surface area contributed by atoms with Crippen LogP contribution in [0.15, 0.2) is 69.3 Å². The number of sulfone groups is 1. The van der Waals surface area contributed by atoms with Gasteiger partial charge in [0.1, 0.15) is 0 Å². The third kappa shape index (κ3) is 4.71. The fourth-order valence-corrected chi connectivity index (χ4v) is 6.25. The molecule has 1 aliphatic heterocycles. The summed E-state index contributed by atoms with van der Waals surface area (Å²) < 4.78 is 25.1. The molecule has 3 rings (SSSR count). The van der Waals surface area contributed by atoms with Gasteiger partial charge < -0.3 is 0 Å². The van der Waals surface area contributed by atoms with Gasteiger partial charge in [0, 0.05) is 22.9 Å². The fraction of sp³-hybridized carbons (Fsp3) is 0.318. The van der Waals surface area contributed by atoms with Crippen molar-refractivity contribution < 1.29 is 18.4 Å². The van der Waals surface area contributed by atoms with Crippen molar-refractivity contribution in [3.8, 4) is 12.3 Å². The number of rotatable bonds is 6. The molecular formula is C22H26N2O4S2. The van der Waals surface area contributed by atoms with Crippen LogP contribution in [0.3, 0.4) is 0 Å². The summed E-state index contributed by atoms with van der Waals surface area (Å²) in [4.78, 5) is 16.4. The van der Waals surface area contributed by atoms with Gasteiger partial charge in [0.05, 0.1) is 11.4 Å². The zero-order valence-electron chi connectivity index (χ0n) is 15.7. The molecule has 30 heavy (non-hydrogen) atoms. The molecule has 6 nitrogen and oxygen atoms in total. The van der Waals surface area contributed by atoms with Crippen LogP contribution in [0.5, 0.6) is 0 Å². The van der Waals surface area contributed by atoms with Crippen molar-refractivity contribution in [1.82, 2.24) is 10.4 Å². The molecule has 0 spiro atoms. The Balaban J connectivity index is 0.00000320. The summed E-state index contributed by atoms with van der Waals surface area (Å²) >= 11 is 1.52. The lowest BCUT2D eigenvalue weighted by Crippen LogP contribution is -2.57. The Morgan fingerprint density at radius 1 is 1.10 bits per heavy atom. The number of nitrogens with zero attached hydrogens (tertiary/aromatic N) is 1. The molecule has 160 valence electrons. The second-order valence-corrected chi connectivity index (χ2v) is 10.2. The van der Waals surface area contributed by atoms with Crippen LogP contribution in [0.2, 0.25) is 0 Å². The van der Waals surface area contributed by atoms with Gasteiger partial charge in [-0.25, -0.2) is 13.9 Å². The minimum absolute atomic E-state index is 0. The maximum atomic E-state index is 13.4. The summed E-state index contributed by atoms with van der Waals surface area (Å²) in [7, 11) is -4.02. The van der Waals surface area contributed by atoms with E-state index in [1.54, 1.807) is 17.6 Å². The summed E-state index contributed by atoms with van der Waals surface area (Å²) in [6.07, 6.45) is 5.45. The summed E-state index contributed by atoms with van der Waals surface area (Å²) in [6.45, 7) is 1.11. The molecule has 1 saturated heterocycles. The van der Waals surface area contributed by atoms with Crippen molar-refractivity contribution in [3.05, 3.63) is 54.6 Å².